The summed E-state index contributed by atoms with van der Waals surface area (Å²) in [7, 11) is -3.03. The van der Waals surface area contributed by atoms with E-state index in [1.165, 1.54) is 11.3 Å². The summed E-state index contributed by atoms with van der Waals surface area (Å²) in [5, 5.41) is 0. The number of carbonyl (C=O) groups excluding carboxylic acids is 1. The molecule has 1 atom stereocenters. The lowest BCUT2D eigenvalue weighted by atomic mass is 10.0. The van der Waals surface area contributed by atoms with E-state index in [1.807, 2.05) is 47.4 Å². The fourth-order valence-electron chi connectivity index (χ4n) is 3.32. The number of rotatable bonds is 7. The Kier molecular flexibility index (Phi) is 6.93. The van der Waals surface area contributed by atoms with Crippen LogP contribution < -0.4 is 0 Å². The molecule has 0 bridgehead atoms. The second kappa shape index (κ2) is 9.22. The first-order valence-corrected chi connectivity index (χ1v) is 12.0. The van der Waals surface area contributed by atoms with Gasteiger partial charge in [-0.05, 0) is 17.7 Å². The van der Waals surface area contributed by atoms with Gasteiger partial charge in [-0.1, -0.05) is 48.0 Å². The number of hydrogen-bond acceptors (Lipinski definition) is 5. The molecule has 0 aliphatic carbocycles. The number of benzene rings is 1. The highest BCUT2D eigenvalue weighted by Crippen LogP contribution is 2.28. The largest absolute Gasteiger partial charge is 0.332 e. The third-order valence-electron chi connectivity index (χ3n) is 4.73. The highest BCUT2D eigenvalue weighted by atomic mass is 35.5. The molecule has 1 fully saturated rings. The molecule has 8 heteroatoms. The third kappa shape index (κ3) is 5.23. The highest BCUT2D eigenvalue weighted by Gasteiger charge is 2.34. The normalized spacial score (nSPS) is 17.8. The van der Waals surface area contributed by atoms with Crippen molar-refractivity contribution in [2.45, 2.75) is 12.6 Å². The molecule has 1 amide bonds. The molecule has 150 valence electrons. The van der Waals surface area contributed by atoms with Crippen molar-refractivity contribution < 1.29 is 13.2 Å². The molecule has 2 heterocycles. The topological polar surface area (TPSA) is 57.7 Å². The fraction of sp³-hybridized carbons (Fsp3) is 0.350. The van der Waals surface area contributed by atoms with Crippen LogP contribution in [0.25, 0.3) is 0 Å². The minimum absolute atomic E-state index is 0.0603. The summed E-state index contributed by atoms with van der Waals surface area (Å²) in [4.78, 5) is 18.3. The van der Waals surface area contributed by atoms with Crippen LogP contribution in [0.5, 0.6) is 0 Å². The quantitative estimate of drug-likeness (QED) is 0.622. The summed E-state index contributed by atoms with van der Waals surface area (Å²) < 4.78 is 24.4. The second-order valence-corrected chi connectivity index (χ2v) is 10.8. The molecular weight excluding hydrogens is 416 g/mol. The first kappa shape index (κ1) is 21.0. The zero-order valence-corrected chi connectivity index (χ0v) is 17.8. The van der Waals surface area contributed by atoms with Crippen LogP contribution in [0.3, 0.4) is 0 Å². The lowest BCUT2D eigenvalue weighted by Crippen LogP contribution is -2.48. The smallest absolute Gasteiger partial charge is 0.245 e. The Morgan fingerprint density at radius 1 is 1.21 bits per heavy atom. The second-order valence-electron chi connectivity index (χ2n) is 6.71. The van der Waals surface area contributed by atoms with E-state index < -0.39 is 15.9 Å². The van der Waals surface area contributed by atoms with Crippen LogP contribution in [-0.2, 0) is 21.2 Å². The maximum Gasteiger partial charge on any atom is 0.245 e. The highest BCUT2D eigenvalue weighted by molar-refractivity contribution is 7.91. The van der Waals surface area contributed by atoms with Crippen molar-refractivity contribution in [3.05, 3.63) is 69.9 Å². The molecule has 0 radical (unpaired) electrons. The van der Waals surface area contributed by atoms with E-state index in [0.29, 0.717) is 30.5 Å². The molecule has 1 aromatic carbocycles. The number of nitrogens with zero attached hydrogens (tertiary/aromatic N) is 2. The number of halogens is 1. The van der Waals surface area contributed by atoms with E-state index in [0.717, 1.165) is 10.4 Å². The summed E-state index contributed by atoms with van der Waals surface area (Å²) >= 11 is 7.48. The van der Waals surface area contributed by atoms with Gasteiger partial charge in [-0.2, -0.15) is 0 Å². The Bertz CT molecular complexity index is 914. The molecule has 1 aliphatic rings. The summed E-state index contributed by atoms with van der Waals surface area (Å²) in [6.45, 7) is 5.33. The van der Waals surface area contributed by atoms with Crippen molar-refractivity contribution in [1.29, 1.82) is 0 Å². The monoisotopic (exact) mass is 438 g/mol. The third-order valence-corrected chi connectivity index (χ3v) is 7.56. The van der Waals surface area contributed by atoms with E-state index in [2.05, 4.69) is 6.58 Å². The predicted octanol–water partition coefficient (Wildman–Crippen LogP) is 3.39. The summed E-state index contributed by atoms with van der Waals surface area (Å²) in [6, 6.07) is 12.7. The molecule has 1 aromatic heterocycles. The van der Waals surface area contributed by atoms with Gasteiger partial charge in [0.15, 0.2) is 9.84 Å². The van der Waals surface area contributed by atoms with Crippen LogP contribution in [0.4, 0.5) is 0 Å². The Balaban J connectivity index is 1.88. The lowest BCUT2D eigenvalue weighted by molar-refractivity contribution is -0.137. The molecule has 0 spiro atoms. The standard InChI is InChI=1S/C20H23ClN2O3S2/c1-2-10-23(15-17-8-9-18(21)27-17)20(24)19(16-6-4-3-5-7-16)22-11-13-28(25,26)14-12-22/h2-9,19H,1,10-15H2. The van der Waals surface area contributed by atoms with Crippen molar-refractivity contribution in [3.8, 4) is 0 Å². The van der Waals surface area contributed by atoms with E-state index in [1.54, 1.807) is 11.0 Å². The molecule has 1 saturated heterocycles. The van der Waals surface area contributed by atoms with Gasteiger partial charge < -0.3 is 4.90 Å². The zero-order valence-electron chi connectivity index (χ0n) is 15.5. The van der Waals surface area contributed by atoms with E-state index in [-0.39, 0.29) is 17.4 Å². The van der Waals surface area contributed by atoms with Gasteiger partial charge in [-0.25, -0.2) is 8.42 Å². The van der Waals surface area contributed by atoms with E-state index in [9.17, 15) is 13.2 Å². The lowest BCUT2D eigenvalue weighted by Gasteiger charge is -2.36. The Morgan fingerprint density at radius 2 is 1.89 bits per heavy atom. The van der Waals surface area contributed by atoms with E-state index >= 15 is 0 Å². The average molecular weight is 439 g/mol. The average Bonchev–Trinajstić information content (AvgIpc) is 3.08. The minimum Gasteiger partial charge on any atom is -0.332 e. The number of amides is 1. The van der Waals surface area contributed by atoms with Crippen LogP contribution in [0.15, 0.2) is 55.1 Å². The maximum absolute atomic E-state index is 13.6. The first-order valence-electron chi connectivity index (χ1n) is 9.03. The van der Waals surface area contributed by atoms with Crippen molar-refractivity contribution in [3.63, 3.8) is 0 Å². The molecule has 28 heavy (non-hydrogen) atoms. The number of hydrogen-bond donors (Lipinski definition) is 0. The summed E-state index contributed by atoms with van der Waals surface area (Å²) in [6.07, 6.45) is 1.70. The molecule has 0 saturated carbocycles. The SMILES string of the molecule is C=CCN(Cc1ccc(Cl)s1)C(=O)C(c1ccccc1)N1CCS(=O)(=O)CC1. The molecule has 1 unspecified atom stereocenters. The molecular formula is C20H23ClN2O3S2. The van der Waals surface area contributed by atoms with Gasteiger partial charge in [-0.3, -0.25) is 9.69 Å². The fourth-order valence-corrected chi connectivity index (χ4v) is 5.65. The van der Waals surface area contributed by atoms with Crippen LogP contribution >= 0.6 is 22.9 Å². The van der Waals surface area contributed by atoms with Gasteiger partial charge in [0.1, 0.15) is 6.04 Å². The number of carbonyl (C=O) groups is 1. The van der Waals surface area contributed by atoms with E-state index in [4.69, 9.17) is 11.6 Å². The van der Waals surface area contributed by atoms with Gasteiger partial charge in [0.25, 0.3) is 0 Å². The first-order chi connectivity index (χ1) is 13.4. The number of sulfone groups is 1. The van der Waals surface area contributed by atoms with Gasteiger partial charge in [0.05, 0.1) is 22.4 Å². The van der Waals surface area contributed by atoms with Crippen molar-refractivity contribution >= 4 is 38.7 Å². The van der Waals surface area contributed by atoms with Gasteiger partial charge >= 0.3 is 0 Å². The van der Waals surface area contributed by atoms with Crippen LogP contribution in [-0.4, -0.2) is 55.3 Å². The van der Waals surface area contributed by atoms with Crippen LogP contribution in [0.1, 0.15) is 16.5 Å². The molecule has 0 N–H and O–H groups in total. The number of thiophene rings is 1. The Morgan fingerprint density at radius 3 is 2.46 bits per heavy atom. The predicted molar refractivity (Wildman–Crippen MR) is 114 cm³/mol. The molecule has 2 aromatic rings. The molecule has 5 nitrogen and oxygen atoms in total. The van der Waals surface area contributed by atoms with Crippen LogP contribution in [0.2, 0.25) is 4.34 Å². The summed E-state index contributed by atoms with van der Waals surface area (Å²) in [5.74, 6) is 0.0897. The maximum atomic E-state index is 13.6. The van der Waals surface area contributed by atoms with Gasteiger partial charge in [0.2, 0.25) is 5.91 Å². The van der Waals surface area contributed by atoms with Crippen molar-refractivity contribution in [2.75, 3.05) is 31.1 Å². The zero-order chi connectivity index (χ0) is 20.1. The Hall–Kier alpha value is -1.67. The van der Waals surface area contributed by atoms with Crippen LogP contribution in [0, 0.1) is 0 Å². The Labute approximate surface area is 175 Å². The summed E-state index contributed by atoms with van der Waals surface area (Å²) in [5.41, 5.74) is 0.866. The minimum atomic E-state index is -3.03. The van der Waals surface area contributed by atoms with Gasteiger partial charge in [-0.15, -0.1) is 17.9 Å². The van der Waals surface area contributed by atoms with Crippen molar-refractivity contribution in [1.82, 2.24) is 9.80 Å². The van der Waals surface area contributed by atoms with Crippen molar-refractivity contribution in [2.24, 2.45) is 0 Å². The van der Waals surface area contributed by atoms with Gasteiger partial charge in [0, 0.05) is 24.5 Å². The molecule has 1 aliphatic heterocycles. The molecule has 3 rings (SSSR count).